The van der Waals surface area contributed by atoms with Gasteiger partial charge in [0.25, 0.3) is 5.91 Å². The van der Waals surface area contributed by atoms with Gasteiger partial charge in [0.15, 0.2) is 5.69 Å². The minimum absolute atomic E-state index is 0.260. The van der Waals surface area contributed by atoms with Gasteiger partial charge >= 0.3 is 5.97 Å². The van der Waals surface area contributed by atoms with Crippen LogP contribution in [0.5, 0.6) is 0 Å². The van der Waals surface area contributed by atoms with Crippen LogP contribution in [0.2, 0.25) is 0 Å². The van der Waals surface area contributed by atoms with Gasteiger partial charge in [0, 0.05) is 5.69 Å². The molecule has 1 fully saturated rings. The topological polar surface area (TPSA) is 98.1 Å². The summed E-state index contributed by atoms with van der Waals surface area (Å²) in [4.78, 5) is 24.4. The molecule has 138 valence electrons. The Morgan fingerprint density at radius 1 is 1.27 bits per heavy atom. The van der Waals surface area contributed by atoms with Gasteiger partial charge in [-0.2, -0.15) is 0 Å². The van der Waals surface area contributed by atoms with Crippen molar-refractivity contribution >= 4 is 17.6 Å². The van der Waals surface area contributed by atoms with Crippen LogP contribution in [0.25, 0.3) is 0 Å². The zero-order valence-corrected chi connectivity index (χ0v) is 15.2. The number of anilines is 1. The van der Waals surface area contributed by atoms with Crippen molar-refractivity contribution in [2.45, 2.75) is 32.7 Å². The molecule has 0 spiro atoms. The van der Waals surface area contributed by atoms with E-state index in [0.29, 0.717) is 16.9 Å². The third-order valence-corrected chi connectivity index (χ3v) is 4.70. The monoisotopic (exact) mass is 357 g/mol. The number of esters is 1. The fraction of sp³-hybridized carbons (Fsp3) is 0.444. The van der Waals surface area contributed by atoms with Crippen LogP contribution in [0.1, 0.15) is 51.0 Å². The summed E-state index contributed by atoms with van der Waals surface area (Å²) in [6, 6.07) is 5.37. The maximum absolute atomic E-state index is 12.6. The number of aryl methyl sites for hydroxylation is 1. The fourth-order valence-electron chi connectivity index (χ4n) is 3.17. The predicted octanol–water partition coefficient (Wildman–Crippen LogP) is 1.86. The average Bonchev–Trinajstić information content (AvgIpc) is 3.05. The number of benzene rings is 1. The van der Waals surface area contributed by atoms with E-state index in [-0.39, 0.29) is 11.9 Å². The summed E-state index contributed by atoms with van der Waals surface area (Å²) in [6.07, 6.45) is 1.93. The van der Waals surface area contributed by atoms with Crippen LogP contribution in [0.3, 0.4) is 0 Å². The van der Waals surface area contributed by atoms with Crippen molar-refractivity contribution in [3.05, 3.63) is 40.7 Å². The molecule has 2 heterocycles. The SMILES string of the molecule is COC(=O)c1cc(NC(=O)c2nnn(C3CCNCC3)c2C)ccc1C. The standard InChI is InChI=1S/C18H23N5O3/c1-11-4-5-13(10-15(11)18(25)26-3)20-17(24)16-12(2)23(22-21-16)14-6-8-19-9-7-14/h4-5,10,14,19H,6-9H2,1-3H3,(H,20,24). The zero-order valence-electron chi connectivity index (χ0n) is 15.2. The Balaban J connectivity index is 1.78. The number of methoxy groups -OCH3 is 1. The van der Waals surface area contributed by atoms with Crippen molar-refractivity contribution in [2.24, 2.45) is 0 Å². The van der Waals surface area contributed by atoms with Gasteiger partial charge in [-0.3, -0.25) is 4.79 Å². The number of carbonyl (C=O) groups is 2. The van der Waals surface area contributed by atoms with Crippen molar-refractivity contribution < 1.29 is 14.3 Å². The maximum Gasteiger partial charge on any atom is 0.338 e. The van der Waals surface area contributed by atoms with E-state index >= 15 is 0 Å². The third-order valence-electron chi connectivity index (χ3n) is 4.70. The molecule has 0 unspecified atom stereocenters. The number of hydrogen-bond acceptors (Lipinski definition) is 6. The van der Waals surface area contributed by atoms with E-state index in [1.54, 1.807) is 18.2 Å². The molecule has 0 bridgehead atoms. The molecule has 8 heteroatoms. The molecule has 8 nitrogen and oxygen atoms in total. The maximum atomic E-state index is 12.6. The number of amides is 1. The lowest BCUT2D eigenvalue weighted by atomic mass is 10.1. The zero-order chi connectivity index (χ0) is 18.7. The van der Waals surface area contributed by atoms with E-state index in [2.05, 4.69) is 20.9 Å². The number of aromatic nitrogens is 3. The van der Waals surface area contributed by atoms with Gasteiger partial charge in [-0.15, -0.1) is 5.10 Å². The molecule has 26 heavy (non-hydrogen) atoms. The Bertz CT molecular complexity index is 824. The van der Waals surface area contributed by atoms with E-state index in [0.717, 1.165) is 37.2 Å². The molecule has 1 aliphatic heterocycles. The van der Waals surface area contributed by atoms with Gasteiger partial charge in [0.1, 0.15) is 0 Å². The summed E-state index contributed by atoms with van der Waals surface area (Å²) in [7, 11) is 1.33. The lowest BCUT2D eigenvalue weighted by Gasteiger charge is -2.23. The first-order valence-electron chi connectivity index (χ1n) is 8.64. The number of nitrogens with zero attached hydrogens (tertiary/aromatic N) is 3. The molecule has 1 aromatic carbocycles. The summed E-state index contributed by atoms with van der Waals surface area (Å²) < 4.78 is 6.61. The van der Waals surface area contributed by atoms with Crippen LogP contribution in [0.15, 0.2) is 18.2 Å². The van der Waals surface area contributed by atoms with Crippen LogP contribution >= 0.6 is 0 Å². The number of nitrogens with one attached hydrogen (secondary N) is 2. The van der Waals surface area contributed by atoms with E-state index in [9.17, 15) is 9.59 Å². The highest BCUT2D eigenvalue weighted by molar-refractivity contribution is 6.04. The number of piperidine rings is 1. The number of ether oxygens (including phenoxy) is 1. The Hall–Kier alpha value is -2.74. The van der Waals surface area contributed by atoms with Gasteiger partial charge in [0.2, 0.25) is 0 Å². The second-order valence-corrected chi connectivity index (χ2v) is 6.42. The first kappa shape index (κ1) is 18.1. The highest BCUT2D eigenvalue weighted by Gasteiger charge is 2.23. The first-order chi connectivity index (χ1) is 12.5. The molecular formula is C18H23N5O3. The van der Waals surface area contributed by atoms with Crippen molar-refractivity contribution in [1.82, 2.24) is 20.3 Å². The van der Waals surface area contributed by atoms with Gasteiger partial charge in [-0.05, 0) is 57.5 Å². The smallest absolute Gasteiger partial charge is 0.338 e. The van der Waals surface area contributed by atoms with E-state index in [1.807, 2.05) is 18.5 Å². The van der Waals surface area contributed by atoms with Gasteiger partial charge in [-0.1, -0.05) is 11.3 Å². The number of rotatable bonds is 4. The summed E-state index contributed by atoms with van der Waals surface area (Å²) in [6.45, 7) is 5.54. The van der Waals surface area contributed by atoms with E-state index < -0.39 is 5.97 Å². The summed E-state index contributed by atoms with van der Waals surface area (Å²) in [5.41, 5.74) is 2.75. The van der Waals surface area contributed by atoms with Crippen molar-refractivity contribution in [2.75, 3.05) is 25.5 Å². The molecule has 3 rings (SSSR count). The summed E-state index contributed by atoms with van der Waals surface area (Å²) >= 11 is 0. The van der Waals surface area contributed by atoms with Crippen LogP contribution in [-0.4, -0.2) is 47.1 Å². The van der Waals surface area contributed by atoms with Crippen molar-refractivity contribution in [3.8, 4) is 0 Å². The van der Waals surface area contributed by atoms with Crippen LogP contribution in [-0.2, 0) is 4.74 Å². The molecule has 0 radical (unpaired) electrons. The Labute approximate surface area is 151 Å². The normalized spacial score (nSPS) is 14.9. The Morgan fingerprint density at radius 2 is 2.00 bits per heavy atom. The van der Waals surface area contributed by atoms with Gasteiger partial charge in [-0.25, -0.2) is 9.48 Å². The van der Waals surface area contributed by atoms with Gasteiger partial charge < -0.3 is 15.4 Å². The molecule has 0 atom stereocenters. The van der Waals surface area contributed by atoms with Crippen LogP contribution in [0, 0.1) is 13.8 Å². The fourth-order valence-corrected chi connectivity index (χ4v) is 3.17. The molecule has 2 N–H and O–H groups in total. The molecule has 1 aromatic heterocycles. The largest absolute Gasteiger partial charge is 0.465 e. The number of carbonyl (C=O) groups excluding carboxylic acids is 2. The van der Waals surface area contributed by atoms with E-state index in [4.69, 9.17) is 4.74 Å². The molecular weight excluding hydrogens is 334 g/mol. The minimum Gasteiger partial charge on any atom is -0.465 e. The average molecular weight is 357 g/mol. The van der Waals surface area contributed by atoms with Crippen LogP contribution < -0.4 is 10.6 Å². The summed E-state index contributed by atoms with van der Waals surface area (Å²) in [5.74, 6) is -0.783. The number of hydrogen-bond donors (Lipinski definition) is 2. The molecule has 1 saturated heterocycles. The molecule has 2 aromatic rings. The van der Waals surface area contributed by atoms with Crippen molar-refractivity contribution in [3.63, 3.8) is 0 Å². The second kappa shape index (κ2) is 7.65. The molecule has 1 aliphatic rings. The minimum atomic E-state index is -0.438. The summed E-state index contributed by atoms with van der Waals surface area (Å²) in [5, 5.41) is 14.3. The second-order valence-electron chi connectivity index (χ2n) is 6.42. The Kier molecular flexibility index (Phi) is 5.32. The highest BCUT2D eigenvalue weighted by Crippen LogP contribution is 2.21. The molecule has 0 aliphatic carbocycles. The Morgan fingerprint density at radius 3 is 2.69 bits per heavy atom. The lowest BCUT2D eigenvalue weighted by Crippen LogP contribution is -2.30. The van der Waals surface area contributed by atoms with Gasteiger partial charge in [0.05, 0.1) is 24.4 Å². The van der Waals surface area contributed by atoms with E-state index in [1.165, 1.54) is 7.11 Å². The predicted molar refractivity (Wildman–Crippen MR) is 96.4 cm³/mol. The molecule has 1 amide bonds. The quantitative estimate of drug-likeness (QED) is 0.811. The highest BCUT2D eigenvalue weighted by atomic mass is 16.5. The van der Waals surface area contributed by atoms with Crippen molar-refractivity contribution in [1.29, 1.82) is 0 Å². The van der Waals surface area contributed by atoms with Crippen LogP contribution in [0.4, 0.5) is 5.69 Å². The lowest BCUT2D eigenvalue weighted by molar-refractivity contribution is 0.0599. The third kappa shape index (κ3) is 3.60. The first-order valence-corrected chi connectivity index (χ1v) is 8.64. The molecule has 0 saturated carbocycles.